The second-order valence-electron chi connectivity index (χ2n) is 7.72. The van der Waals surface area contributed by atoms with Gasteiger partial charge in [0.15, 0.2) is 0 Å². The Morgan fingerprint density at radius 1 is 1.00 bits per heavy atom. The van der Waals surface area contributed by atoms with Gasteiger partial charge in [0.1, 0.15) is 6.04 Å². The van der Waals surface area contributed by atoms with Gasteiger partial charge in [-0.25, -0.2) is 0 Å². The molecule has 0 radical (unpaired) electrons. The molecular weight excluding hydrogens is 350 g/mol. The third kappa shape index (κ3) is 3.21. The van der Waals surface area contributed by atoms with E-state index in [0.717, 1.165) is 37.8 Å². The monoisotopic (exact) mass is 373 g/mol. The summed E-state index contributed by atoms with van der Waals surface area (Å²) < 4.78 is 5.60. The van der Waals surface area contributed by atoms with E-state index in [4.69, 9.17) is 4.52 Å². The highest BCUT2D eigenvalue weighted by atomic mass is 16.5. The zero-order chi connectivity index (χ0) is 18.9. The van der Waals surface area contributed by atoms with Crippen molar-refractivity contribution >= 4 is 5.91 Å². The molecule has 0 spiro atoms. The third-order valence-electron chi connectivity index (χ3n) is 5.88. The SMILES string of the molecule is O=C(C1CC1c1ccccc1)N1CCCCC1c1nc(-c2ccccc2)no1. The predicted molar refractivity (Wildman–Crippen MR) is 105 cm³/mol. The molecule has 5 nitrogen and oxygen atoms in total. The van der Waals surface area contributed by atoms with E-state index in [2.05, 4.69) is 22.3 Å². The van der Waals surface area contributed by atoms with Gasteiger partial charge in [-0.3, -0.25) is 4.79 Å². The minimum Gasteiger partial charge on any atom is -0.337 e. The molecule has 2 fully saturated rings. The van der Waals surface area contributed by atoms with Gasteiger partial charge in [-0.15, -0.1) is 0 Å². The zero-order valence-electron chi connectivity index (χ0n) is 15.7. The molecule has 3 atom stereocenters. The first-order valence-electron chi connectivity index (χ1n) is 10.1. The summed E-state index contributed by atoms with van der Waals surface area (Å²) in [5.41, 5.74) is 2.19. The molecule has 28 heavy (non-hydrogen) atoms. The largest absolute Gasteiger partial charge is 0.337 e. The van der Waals surface area contributed by atoms with Crippen LogP contribution in [0, 0.1) is 5.92 Å². The molecule has 2 aromatic carbocycles. The molecule has 0 bridgehead atoms. The molecule has 0 N–H and O–H groups in total. The Balaban J connectivity index is 1.35. The third-order valence-corrected chi connectivity index (χ3v) is 5.88. The van der Waals surface area contributed by atoms with E-state index in [1.54, 1.807) is 0 Å². The standard InChI is InChI=1S/C23H23N3O2/c27-23(19-15-18(19)16-9-3-1-4-10-16)26-14-8-7-13-20(26)22-24-21(25-28-22)17-11-5-2-6-12-17/h1-6,9-12,18-20H,7-8,13-15H2. The second-order valence-corrected chi connectivity index (χ2v) is 7.72. The molecule has 1 amide bonds. The summed E-state index contributed by atoms with van der Waals surface area (Å²) in [6.45, 7) is 0.768. The molecule has 1 aliphatic heterocycles. The Labute approximate surface area is 164 Å². The maximum atomic E-state index is 13.2. The summed E-state index contributed by atoms with van der Waals surface area (Å²) in [4.78, 5) is 19.8. The lowest BCUT2D eigenvalue weighted by atomic mass is 10.0. The predicted octanol–water partition coefficient (Wildman–Crippen LogP) is 4.59. The van der Waals surface area contributed by atoms with E-state index in [0.29, 0.717) is 17.6 Å². The minimum absolute atomic E-state index is 0.0829. The number of aromatic nitrogens is 2. The van der Waals surface area contributed by atoms with Crippen LogP contribution in [-0.4, -0.2) is 27.5 Å². The van der Waals surface area contributed by atoms with Crippen LogP contribution in [0.5, 0.6) is 0 Å². The van der Waals surface area contributed by atoms with Gasteiger partial charge < -0.3 is 9.42 Å². The van der Waals surface area contributed by atoms with Gasteiger partial charge in [0.2, 0.25) is 17.6 Å². The highest BCUT2D eigenvalue weighted by molar-refractivity contribution is 5.83. The van der Waals surface area contributed by atoms with Crippen molar-refractivity contribution in [3.8, 4) is 11.4 Å². The van der Waals surface area contributed by atoms with E-state index < -0.39 is 0 Å². The van der Waals surface area contributed by atoms with E-state index in [-0.39, 0.29) is 17.9 Å². The highest BCUT2D eigenvalue weighted by Gasteiger charge is 2.47. The van der Waals surface area contributed by atoms with Crippen LogP contribution in [-0.2, 0) is 4.79 Å². The van der Waals surface area contributed by atoms with Crippen molar-refractivity contribution in [2.24, 2.45) is 5.92 Å². The molecule has 1 saturated heterocycles. The summed E-state index contributed by atoms with van der Waals surface area (Å²) >= 11 is 0. The zero-order valence-corrected chi connectivity index (χ0v) is 15.7. The number of rotatable bonds is 4. The molecule has 3 unspecified atom stereocenters. The number of carbonyl (C=O) groups excluding carboxylic acids is 1. The van der Waals surface area contributed by atoms with Gasteiger partial charge in [0.05, 0.1) is 0 Å². The summed E-state index contributed by atoms with van der Waals surface area (Å²) in [5.74, 6) is 1.81. The maximum Gasteiger partial charge on any atom is 0.249 e. The summed E-state index contributed by atoms with van der Waals surface area (Å²) in [6.07, 6.45) is 3.92. The number of nitrogens with zero attached hydrogens (tertiary/aromatic N) is 3. The van der Waals surface area contributed by atoms with Crippen LogP contribution in [0.4, 0.5) is 0 Å². The first kappa shape index (κ1) is 17.2. The fourth-order valence-corrected chi connectivity index (χ4v) is 4.28. The molecule has 2 heterocycles. The van der Waals surface area contributed by atoms with Gasteiger partial charge in [-0.05, 0) is 37.2 Å². The van der Waals surface area contributed by atoms with Crippen molar-refractivity contribution in [1.82, 2.24) is 15.0 Å². The quantitative estimate of drug-likeness (QED) is 0.671. The highest BCUT2D eigenvalue weighted by Crippen LogP contribution is 2.49. The Kier molecular flexibility index (Phi) is 4.43. The number of piperidine rings is 1. The summed E-state index contributed by atoms with van der Waals surface area (Å²) in [7, 11) is 0. The fourth-order valence-electron chi connectivity index (χ4n) is 4.28. The lowest BCUT2D eigenvalue weighted by Crippen LogP contribution is -2.39. The lowest BCUT2D eigenvalue weighted by Gasteiger charge is -2.33. The molecule has 5 heteroatoms. The Bertz CT molecular complexity index is 954. The van der Waals surface area contributed by atoms with Gasteiger partial charge >= 0.3 is 0 Å². The van der Waals surface area contributed by atoms with Crippen molar-refractivity contribution in [2.75, 3.05) is 6.54 Å². The van der Waals surface area contributed by atoms with Crippen molar-refractivity contribution in [1.29, 1.82) is 0 Å². The van der Waals surface area contributed by atoms with Gasteiger partial charge in [0.25, 0.3) is 0 Å². The Morgan fingerprint density at radius 3 is 2.54 bits per heavy atom. The molecule has 1 aromatic heterocycles. The van der Waals surface area contributed by atoms with E-state index in [1.807, 2.05) is 53.4 Å². The first-order chi connectivity index (χ1) is 13.8. The van der Waals surface area contributed by atoms with Crippen LogP contribution in [0.1, 0.15) is 49.1 Å². The normalized spacial score (nSPS) is 24.1. The number of benzene rings is 2. The number of hydrogen-bond donors (Lipinski definition) is 0. The van der Waals surface area contributed by atoms with Crippen molar-refractivity contribution in [3.63, 3.8) is 0 Å². The van der Waals surface area contributed by atoms with Crippen LogP contribution in [0.25, 0.3) is 11.4 Å². The van der Waals surface area contributed by atoms with E-state index in [9.17, 15) is 4.79 Å². The number of carbonyl (C=O) groups is 1. The first-order valence-corrected chi connectivity index (χ1v) is 10.1. The number of amides is 1. The fraction of sp³-hybridized carbons (Fsp3) is 0.348. The maximum absolute atomic E-state index is 13.2. The van der Waals surface area contributed by atoms with Crippen LogP contribution < -0.4 is 0 Å². The molecule has 5 rings (SSSR count). The summed E-state index contributed by atoms with van der Waals surface area (Å²) in [6, 6.07) is 20.0. The summed E-state index contributed by atoms with van der Waals surface area (Å²) in [5, 5.41) is 4.15. The van der Waals surface area contributed by atoms with Crippen LogP contribution >= 0.6 is 0 Å². The lowest BCUT2D eigenvalue weighted by molar-refractivity contribution is -0.137. The Hall–Kier alpha value is -2.95. The van der Waals surface area contributed by atoms with Crippen LogP contribution in [0.15, 0.2) is 65.2 Å². The van der Waals surface area contributed by atoms with Gasteiger partial charge in [-0.1, -0.05) is 65.8 Å². The van der Waals surface area contributed by atoms with Gasteiger partial charge in [-0.2, -0.15) is 4.98 Å². The molecule has 1 saturated carbocycles. The van der Waals surface area contributed by atoms with Crippen molar-refractivity contribution in [2.45, 2.75) is 37.6 Å². The van der Waals surface area contributed by atoms with Crippen LogP contribution in [0.3, 0.4) is 0 Å². The molecule has 1 aliphatic carbocycles. The molecule has 2 aliphatic rings. The topological polar surface area (TPSA) is 59.2 Å². The van der Waals surface area contributed by atoms with E-state index in [1.165, 1.54) is 5.56 Å². The van der Waals surface area contributed by atoms with Gasteiger partial charge in [0, 0.05) is 18.0 Å². The smallest absolute Gasteiger partial charge is 0.249 e. The molecule has 142 valence electrons. The average molecular weight is 373 g/mol. The molecular formula is C23H23N3O2. The van der Waals surface area contributed by atoms with Crippen molar-refractivity contribution < 1.29 is 9.32 Å². The minimum atomic E-state index is -0.108. The molecule has 3 aromatic rings. The Morgan fingerprint density at radius 2 is 1.75 bits per heavy atom. The average Bonchev–Trinajstić information content (AvgIpc) is 3.42. The number of hydrogen-bond acceptors (Lipinski definition) is 4. The number of likely N-dealkylation sites (tertiary alicyclic amines) is 1. The second kappa shape index (κ2) is 7.23. The van der Waals surface area contributed by atoms with Crippen molar-refractivity contribution in [3.05, 3.63) is 72.1 Å². The van der Waals surface area contributed by atoms with Crippen LogP contribution in [0.2, 0.25) is 0 Å². The van der Waals surface area contributed by atoms with E-state index >= 15 is 0 Å².